The molecule has 0 spiro atoms. The molecule has 2 heterocycles. The first kappa shape index (κ1) is 25.3. The number of aryl methyl sites for hydroxylation is 3. The van der Waals surface area contributed by atoms with E-state index in [-0.39, 0.29) is 27.9 Å². The van der Waals surface area contributed by atoms with Crippen LogP contribution < -0.4 is 4.90 Å². The molecule has 1 aromatic heterocycles. The molecule has 1 atom stereocenters. The number of carbonyl (C=O) groups excluding carboxylic acids is 3. The number of thiazole rings is 1. The molecule has 184 valence electrons. The Labute approximate surface area is 217 Å². The third-order valence-corrected chi connectivity index (χ3v) is 7.18. The van der Waals surface area contributed by atoms with Gasteiger partial charge in [-0.05, 0) is 50.1 Å². The van der Waals surface area contributed by atoms with Gasteiger partial charge in [-0.15, -0.1) is 0 Å². The number of aromatic nitrogens is 1. The Morgan fingerprint density at radius 3 is 2.56 bits per heavy atom. The van der Waals surface area contributed by atoms with Crippen LogP contribution in [-0.4, -0.2) is 34.4 Å². The molecule has 0 radical (unpaired) electrons. The van der Waals surface area contributed by atoms with Crippen LogP contribution in [0.1, 0.15) is 43.7 Å². The van der Waals surface area contributed by atoms with Crippen molar-refractivity contribution in [2.45, 2.75) is 26.8 Å². The highest BCUT2D eigenvalue weighted by molar-refractivity contribution is 7.17. The zero-order valence-electron chi connectivity index (χ0n) is 19.9. The molecule has 0 saturated carbocycles. The van der Waals surface area contributed by atoms with Crippen molar-refractivity contribution >= 4 is 51.5 Å². The highest BCUT2D eigenvalue weighted by atomic mass is 35.5. The smallest absolute Gasteiger partial charge is 0.350 e. The normalized spacial score (nSPS) is 16.9. The molecule has 4 rings (SSSR count). The molecule has 1 aliphatic rings. The van der Waals surface area contributed by atoms with Gasteiger partial charge in [0.2, 0.25) is 0 Å². The van der Waals surface area contributed by atoms with Crippen LogP contribution in [0.4, 0.5) is 5.13 Å². The summed E-state index contributed by atoms with van der Waals surface area (Å²) in [6.07, 6.45) is 1.45. The van der Waals surface area contributed by atoms with E-state index in [1.165, 1.54) is 11.0 Å². The standard InChI is InChI=1S/C27H23ClN2O5S/c1-5-12-35-26(34)24-16(4)29-27(36-24)30-21(17-8-10-18(28)11-9-17)20(23(32)25(30)33)22(31)19-13-14(2)6-7-15(19)3/h5-11,13,21,31H,1,12H2,2-4H3/b22-20+. The summed E-state index contributed by atoms with van der Waals surface area (Å²) < 4.78 is 5.13. The van der Waals surface area contributed by atoms with E-state index in [1.807, 2.05) is 26.0 Å². The van der Waals surface area contributed by atoms with Gasteiger partial charge in [-0.3, -0.25) is 14.5 Å². The summed E-state index contributed by atoms with van der Waals surface area (Å²) in [5, 5.41) is 12.0. The molecule has 1 fully saturated rings. The fraction of sp³-hybridized carbons (Fsp3) is 0.185. The Morgan fingerprint density at radius 2 is 1.89 bits per heavy atom. The molecule has 0 bridgehead atoms. The molecule has 1 aliphatic heterocycles. The van der Waals surface area contributed by atoms with Crippen LogP contribution in [0.15, 0.2) is 60.7 Å². The second kappa shape index (κ2) is 10.1. The van der Waals surface area contributed by atoms with Gasteiger partial charge in [-0.2, -0.15) is 0 Å². The largest absolute Gasteiger partial charge is 0.507 e. The van der Waals surface area contributed by atoms with Crippen molar-refractivity contribution in [3.8, 4) is 0 Å². The van der Waals surface area contributed by atoms with Gasteiger partial charge in [0, 0.05) is 10.6 Å². The summed E-state index contributed by atoms with van der Waals surface area (Å²) in [5.74, 6) is -2.60. The van der Waals surface area contributed by atoms with Crippen LogP contribution in [0, 0.1) is 20.8 Å². The minimum atomic E-state index is -0.982. The minimum Gasteiger partial charge on any atom is -0.507 e. The van der Waals surface area contributed by atoms with E-state index >= 15 is 0 Å². The zero-order chi connectivity index (χ0) is 26.1. The van der Waals surface area contributed by atoms with Crippen LogP contribution in [-0.2, 0) is 14.3 Å². The molecule has 1 amide bonds. The first-order valence-corrected chi connectivity index (χ1v) is 12.2. The summed E-state index contributed by atoms with van der Waals surface area (Å²) in [5.41, 5.74) is 2.93. The number of aliphatic hydroxyl groups excluding tert-OH is 1. The molecule has 2 aromatic carbocycles. The average Bonchev–Trinajstić information content (AvgIpc) is 3.36. The molecule has 3 aromatic rings. The van der Waals surface area contributed by atoms with Crippen molar-refractivity contribution in [1.82, 2.24) is 4.98 Å². The predicted octanol–water partition coefficient (Wildman–Crippen LogP) is 5.69. The maximum absolute atomic E-state index is 13.4. The van der Waals surface area contributed by atoms with Gasteiger partial charge in [0.1, 0.15) is 17.2 Å². The molecular formula is C27H23ClN2O5S. The molecule has 1 N–H and O–H groups in total. The van der Waals surface area contributed by atoms with Crippen molar-refractivity contribution in [3.05, 3.63) is 98.5 Å². The second-order valence-corrected chi connectivity index (χ2v) is 9.75. The van der Waals surface area contributed by atoms with Crippen LogP contribution in [0.2, 0.25) is 5.02 Å². The number of hydrogen-bond donors (Lipinski definition) is 1. The summed E-state index contributed by atoms with van der Waals surface area (Å²) in [7, 11) is 0. The number of halogens is 1. The average molecular weight is 523 g/mol. The Hall–Kier alpha value is -3.75. The highest BCUT2D eigenvalue weighted by Gasteiger charge is 2.48. The number of hydrogen-bond acceptors (Lipinski definition) is 7. The molecule has 1 unspecified atom stereocenters. The minimum absolute atomic E-state index is 0.0244. The van der Waals surface area contributed by atoms with E-state index in [9.17, 15) is 19.5 Å². The number of carbonyl (C=O) groups is 3. The van der Waals surface area contributed by atoms with E-state index in [4.69, 9.17) is 16.3 Å². The number of esters is 1. The molecular weight excluding hydrogens is 500 g/mol. The summed E-state index contributed by atoms with van der Waals surface area (Å²) in [6, 6.07) is 11.2. The van der Waals surface area contributed by atoms with Crippen LogP contribution in [0.25, 0.3) is 5.76 Å². The number of anilines is 1. The van der Waals surface area contributed by atoms with E-state index in [0.717, 1.165) is 22.5 Å². The Morgan fingerprint density at radius 1 is 1.19 bits per heavy atom. The highest BCUT2D eigenvalue weighted by Crippen LogP contribution is 2.44. The van der Waals surface area contributed by atoms with Gasteiger partial charge in [0.15, 0.2) is 5.13 Å². The van der Waals surface area contributed by atoms with Gasteiger partial charge >= 0.3 is 11.9 Å². The number of Topliss-reactive ketones (excluding diaryl/α,β-unsaturated/α-hetero) is 1. The quantitative estimate of drug-likeness (QED) is 0.147. The van der Waals surface area contributed by atoms with Crippen molar-refractivity contribution in [2.75, 3.05) is 11.5 Å². The zero-order valence-corrected chi connectivity index (χ0v) is 21.4. The molecule has 36 heavy (non-hydrogen) atoms. The van der Waals surface area contributed by atoms with E-state index < -0.39 is 23.7 Å². The molecule has 0 aliphatic carbocycles. The molecule has 9 heteroatoms. The van der Waals surface area contributed by atoms with Crippen molar-refractivity contribution in [3.63, 3.8) is 0 Å². The van der Waals surface area contributed by atoms with Gasteiger partial charge in [0.25, 0.3) is 5.78 Å². The van der Waals surface area contributed by atoms with Crippen molar-refractivity contribution in [1.29, 1.82) is 0 Å². The first-order valence-electron chi connectivity index (χ1n) is 11.0. The number of aliphatic hydroxyl groups is 1. The third-order valence-electron chi connectivity index (χ3n) is 5.79. The van der Waals surface area contributed by atoms with Gasteiger partial charge in [-0.25, -0.2) is 9.78 Å². The fourth-order valence-electron chi connectivity index (χ4n) is 4.00. The number of ketones is 1. The van der Waals surface area contributed by atoms with Crippen molar-refractivity contribution < 1.29 is 24.2 Å². The number of rotatable bonds is 6. The summed E-state index contributed by atoms with van der Waals surface area (Å²) >= 11 is 7.03. The molecule has 7 nitrogen and oxygen atoms in total. The van der Waals surface area contributed by atoms with Crippen LogP contribution in [0.3, 0.4) is 0 Å². The third kappa shape index (κ3) is 4.57. The maximum Gasteiger partial charge on any atom is 0.350 e. The summed E-state index contributed by atoms with van der Waals surface area (Å²) in [4.78, 5) is 45.0. The number of ether oxygens (including phenoxy) is 1. The Kier molecular flexibility index (Phi) is 7.10. The molecule has 1 saturated heterocycles. The lowest BCUT2D eigenvalue weighted by Gasteiger charge is -2.23. The van der Waals surface area contributed by atoms with Crippen LogP contribution in [0.5, 0.6) is 0 Å². The number of amides is 1. The SMILES string of the molecule is C=CCOC(=O)c1sc(N2C(=O)C(=O)/C(=C(/O)c3cc(C)ccc3C)C2c2ccc(Cl)cc2)nc1C. The van der Waals surface area contributed by atoms with E-state index in [0.29, 0.717) is 21.8 Å². The number of nitrogens with zero attached hydrogens (tertiary/aromatic N) is 2. The van der Waals surface area contributed by atoms with Crippen LogP contribution >= 0.6 is 22.9 Å². The van der Waals surface area contributed by atoms with E-state index in [2.05, 4.69) is 11.6 Å². The fourth-order valence-corrected chi connectivity index (χ4v) is 5.11. The van der Waals surface area contributed by atoms with Gasteiger partial charge < -0.3 is 9.84 Å². The monoisotopic (exact) mass is 522 g/mol. The van der Waals surface area contributed by atoms with Crippen molar-refractivity contribution in [2.24, 2.45) is 0 Å². The van der Waals surface area contributed by atoms with E-state index in [1.54, 1.807) is 37.3 Å². The second-order valence-electron chi connectivity index (χ2n) is 8.34. The topological polar surface area (TPSA) is 96.8 Å². The Bertz CT molecular complexity index is 1420. The lowest BCUT2D eigenvalue weighted by molar-refractivity contribution is -0.132. The maximum atomic E-state index is 13.4. The predicted molar refractivity (Wildman–Crippen MR) is 139 cm³/mol. The Balaban J connectivity index is 1.91. The van der Waals surface area contributed by atoms with Gasteiger partial charge in [-0.1, -0.05) is 65.4 Å². The number of benzene rings is 2. The first-order chi connectivity index (χ1) is 17.1. The summed E-state index contributed by atoms with van der Waals surface area (Å²) in [6.45, 7) is 8.86. The van der Waals surface area contributed by atoms with Gasteiger partial charge in [0.05, 0.1) is 17.3 Å². The lowest BCUT2D eigenvalue weighted by Crippen LogP contribution is -2.29. The lowest BCUT2D eigenvalue weighted by atomic mass is 9.93.